The maximum Gasteiger partial charge on any atom is 0.278 e. The maximum absolute atomic E-state index is 11.0. The van der Waals surface area contributed by atoms with Crippen LogP contribution < -0.4 is 5.73 Å². The first-order valence-corrected chi connectivity index (χ1v) is 5.72. The molecule has 7 nitrogen and oxygen atoms in total. The number of nitro groups is 1. The highest BCUT2D eigenvalue weighted by atomic mass is 16.6. The van der Waals surface area contributed by atoms with Gasteiger partial charge in [-0.1, -0.05) is 6.07 Å². The molecule has 0 saturated carbocycles. The highest BCUT2D eigenvalue weighted by molar-refractivity contribution is 5.73. The third-order valence-electron chi connectivity index (χ3n) is 2.75. The second-order valence-electron chi connectivity index (χ2n) is 4.18. The molecule has 0 radical (unpaired) electrons. The van der Waals surface area contributed by atoms with Gasteiger partial charge in [-0.25, -0.2) is 4.68 Å². The van der Waals surface area contributed by atoms with E-state index in [0.29, 0.717) is 17.1 Å². The minimum Gasteiger partial charge on any atom is -0.394 e. The van der Waals surface area contributed by atoms with Crippen molar-refractivity contribution in [2.45, 2.75) is 13.5 Å². The fourth-order valence-electron chi connectivity index (χ4n) is 1.85. The van der Waals surface area contributed by atoms with E-state index >= 15 is 0 Å². The van der Waals surface area contributed by atoms with Crippen LogP contribution in [0.2, 0.25) is 0 Å². The number of aliphatic hydroxyl groups is 1. The van der Waals surface area contributed by atoms with Gasteiger partial charge in [0.2, 0.25) is 0 Å². The second kappa shape index (κ2) is 5.07. The van der Waals surface area contributed by atoms with E-state index in [1.54, 1.807) is 18.2 Å². The Labute approximate surface area is 109 Å². The lowest BCUT2D eigenvalue weighted by Gasteiger charge is -2.01. The molecular formula is C12H14N4O3. The number of aryl methyl sites for hydroxylation is 1. The predicted molar refractivity (Wildman–Crippen MR) is 70.6 cm³/mol. The summed E-state index contributed by atoms with van der Waals surface area (Å²) in [4.78, 5) is 10.6. The Bertz CT molecular complexity index is 621. The number of benzene rings is 1. The number of nitro benzene ring substituents is 1. The Hall–Kier alpha value is -2.41. The third kappa shape index (κ3) is 2.55. The van der Waals surface area contributed by atoms with Crippen molar-refractivity contribution >= 4 is 11.5 Å². The molecule has 0 unspecified atom stereocenters. The summed E-state index contributed by atoms with van der Waals surface area (Å²) in [5, 5.41) is 24.1. The molecular weight excluding hydrogens is 248 g/mol. The van der Waals surface area contributed by atoms with Crippen molar-refractivity contribution in [2.24, 2.45) is 0 Å². The molecule has 2 rings (SSSR count). The Morgan fingerprint density at radius 2 is 2.21 bits per heavy atom. The van der Waals surface area contributed by atoms with E-state index < -0.39 is 4.92 Å². The summed E-state index contributed by atoms with van der Waals surface area (Å²) in [6, 6.07) is 6.39. The van der Waals surface area contributed by atoms with Crippen LogP contribution in [0, 0.1) is 17.0 Å². The summed E-state index contributed by atoms with van der Waals surface area (Å²) >= 11 is 0. The number of nitrogens with zero attached hydrogens (tertiary/aromatic N) is 3. The average Bonchev–Trinajstić information content (AvgIpc) is 2.71. The van der Waals surface area contributed by atoms with Gasteiger partial charge in [-0.05, 0) is 18.6 Å². The SMILES string of the molecule is Cc1ccc([N+](=O)[O-])c(-c2cc(N)n(CCO)n2)c1. The first kappa shape index (κ1) is 13.0. The molecule has 100 valence electrons. The van der Waals surface area contributed by atoms with Gasteiger partial charge in [0.05, 0.1) is 23.6 Å². The molecule has 0 bridgehead atoms. The quantitative estimate of drug-likeness (QED) is 0.638. The van der Waals surface area contributed by atoms with Crippen LogP contribution >= 0.6 is 0 Å². The number of aromatic nitrogens is 2. The first-order chi connectivity index (χ1) is 9.02. The number of anilines is 1. The smallest absolute Gasteiger partial charge is 0.278 e. The van der Waals surface area contributed by atoms with Gasteiger partial charge in [0, 0.05) is 12.1 Å². The van der Waals surface area contributed by atoms with E-state index in [9.17, 15) is 10.1 Å². The van der Waals surface area contributed by atoms with Crippen LogP contribution in [-0.4, -0.2) is 26.4 Å². The normalized spacial score (nSPS) is 10.6. The van der Waals surface area contributed by atoms with Crippen LogP contribution in [0.5, 0.6) is 0 Å². The van der Waals surface area contributed by atoms with Crippen molar-refractivity contribution in [1.82, 2.24) is 9.78 Å². The fraction of sp³-hybridized carbons (Fsp3) is 0.250. The molecule has 7 heteroatoms. The number of hydrogen-bond acceptors (Lipinski definition) is 5. The van der Waals surface area contributed by atoms with Gasteiger partial charge < -0.3 is 10.8 Å². The van der Waals surface area contributed by atoms with Gasteiger partial charge in [-0.3, -0.25) is 10.1 Å². The highest BCUT2D eigenvalue weighted by Gasteiger charge is 2.18. The lowest BCUT2D eigenvalue weighted by Crippen LogP contribution is -2.07. The van der Waals surface area contributed by atoms with Crippen molar-refractivity contribution in [2.75, 3.05) is 12.3 Å². The molecule has 1 heterocycles. The Balaban J connectivity index is 2.54. The lowest BCUT2D eigenvalue weighted by atomic mass is 10.1. The fourth-order valence-corrected chi connectivity index (χ4v) is 1.85. The van der Waals surface area contributed by atoms with Crippen LogP contribution in [0.4, 0.5) is 11.5 Å². The zero-order chi connectivity index (χ0) is 14.0. The van der Waals surface area contributed by atoms with Crippen molar-refractivity contribution in [3.05, 3.63) is 39.9 Å². The molecule has 19 heavy (non-hydrogen) atoms. The summed E-state index contributed by atoms with van der Waals surface area (Å²) in [7, 11) is 0. The van der Waals surface area contributed by atoms with Crippen LogP contribution in [0.1, 0.15) is 5.56 Å². The standard InChI is InChI=1S/C12H14N4O3/c1-8-2-3-11(16(18)19)9(6-8)10-7-12(13)15(14-10)4-5-17/h2-3,6-7,17H,4-5,13H2,1H3. The minimum atomic E-state index is -0.448. The monoisotopic (exact) mass is 262 g/mol. The number of hydrogen-bond donors (Lipinski definition) is 2. The van der Waals surface area contributed by atoms with E-state index in [0.717, 1.165) is 5.56 Å². The molecule has 0 amide bonds. The number of nitrogen functional groups attached to an aromatic ring is 1. The topological polar surface area (TPSA) is 107 Å². The van der Waals surface area contributed by atoms with Crippen LogP contribution in [-0.2, 0) is 6.54 Å². The Morgan fingerprint density at radius 1 is 1.47 bits per heavy atom. The van der Waals surface area contributed by atoms with Crippen LogP contribution in [0.15, 0.2) is 24.3 Å². The Morgan fingerprint density at radius 3 is 2.84 bits per heavy atom. The second-order valence-corrected chi connectivity index (χ2v) is 4.18. The zero-order valence-electron chi connectivity index (χ0n) is 10.4. The number of rotatable bonds is 4. The van der Waals surface area contributed by atoms with Gasteiger partial charge in [0.25, 0.3) is 5.69 Å². The summed E-state index contributed by atoms with van der Waals surface area (Å²) in [5.74, 6) is 0.361. The zero-order valence-corrected chi connectivity index (χ0v) is 10.4. The van der Waals surface area contributed by atoms with Crippen molar-refractivity contribution in [3.8, 4) is 11.3 Å². The molecule has 1 aromatic heterocycles. The molecule has 0 aliphatic heterocycles. The van der Waals surface area contributed by atoms with Gasteiger partial charge in [0.15, 0.2) is 0 Å². The van der Waals surface area contributed by atoms with E-state index in [-0.39, 0.29) is 18.8 Å². The van der Waals surface area contributed by atoms with Crippen LogP contribution in [0.3, 0.4) is 0 Å². The first-order valence-electron chi connectivity index (χ1n) is 5.72. The van der Waals surface area contributed by atoms with E-state index in [1.165, 1.54) is 10.7 Å². The predicted octanol–water partition coefficient (Wildman–Crippen LogP) is 1.34. The molecule has 1 aromatic carbocycles. The third-order valence-corrected chi connectivity index (χ3v) is 2.75. The summed E-state index contributed by atoms with van der Waals surface area (Å²) < 4.78 is 1.42. The Kier molecular flexibility index (Phi) is 3.48. The minimum absolute atomic E-state index is 0.0146. The van der Waals surface area contributed by atoms with Crippen molar-refractivity contribution < 1.29 is 10.0 Å². The molecule has 0 spiro atoms. The van der Waals surface area contributed by atoms with Crippen LogP contribution in [0.25, 0.3) is 11.3 Å². The van der Waals surface area contributed by atoms with E-state index in [4.69, 9.17) is 10.8 Å². The van der Waals surface area contributed by atoms with E-state index in [1.807, 2.05) is 6.92 Å². The summed E-state index contributed by atoms with van der Waals surface area (Å²) in [6.07, 6.45) is 0. The number of nitrogens with two attached hydrogens (primary N) is 1. The largest absolute Gasteiger partial charge is 0.394 e. The van der Waals surface area contributed by atoms with Crippen molar-refractivity contribution in [3.63, 3.8) is 0 Å². The van der Waals surface area contributed by atoms with Gasteiger partial charge in [-0.2, -0.15) is 5.10 Å². The number of aliphatic hydroxyl groups excluding tert-OH is 1. The highest BCUT2D eigenvalue weighted by Crippen LogP contribution is 2.30. The molecule has 3 N–H and O–H groups in total. The molecule has 0 aliphatic carbocycles. The van der Waals surface area contributed by atoms with Gasteiger partial charge in [-0.15, -0.1) is 0 Å². The van der Waals surface area contributed by atoms with Crippen molar-refractivity contribution in [1.29, 1.82) is 0 Å². The molecule has 0 aliphatic rings. The lowest BCUT2D eigenvalue weighted by molar-refractivity contribution is -0.384. The molecule has 0 saturated heterocycles. The molecule has 2 aromatic rings. The molecule has 0 fully saturated rings. The maximum atomic E-state index is 11.0. The van der Waals surface area contributed by atoms with E-state index in [2.05, 4.69) is 5.10 Å². The summed E-state index contributed by atoms with van der Waals surface area (Å²) in [5.41, 5.74) is 7.49. The molecule has 0 atom stereocenters. The van der Waals surface area contributed by atoms with Gasteiger partial charge in [0.1, 0.15) is 11.5 Å². The van der Waals surface area contributed by atoms with Gasteiger partial charge >= 0.3 is 0 Å². The summed E-state index contributed by atoms with van der Waals surface area (Å²) in [6.45, 7) is 2.01. The average molecular weight is 262 g/mol.